The summed E-state index contributed by atoms with van der Waals surface area (Å²) < 4.78 is 0. The molecule has 0 aromatic carbocycles. The lowest BCUT2D eigenvalue weighted by atomic mass is 10.1. The monoisotopic (exact) mass is 119 g/mol. The molecule has 0 radical (unpaired) electrons. The summed E-state index contributed by atoms with van der Waals surface area (Å²) in [5.74, 6) is 0. The zero-order chi connectivity index (χ0) is 6.10. The summed E-state index contributed by atoms with van der Waals surface area (Å²) in [6.07, 6.45) is 9.87. The molecule has 1 N–H and O–H groups in total. The third kappa shape index (κ3) is 0.689. The van der Waals surface area contributed by atoms with Crippen LogP contribution in [0.5, 0.6) is 0 Å². The molecule has 9 heavy (non-hydrogen) atoms. The quantitative estimate of drug-likeness (QED) is 0.507. The maximum Gasteiger partial charge on any atom is 0.0376 e. The molecule has 2 aliphatic rings. The summed E-state index contributed by atoms with van der Waals surface area (Å²) in [7, 11) is 0. The topological polar surface area (TPSA) is 12.0 Å². The smallest absolute Gasteiger partial charge is 0.0376 e. The summed E-state index contributed by atoms with van der Waals surface area (Å²) >= 11 is 0. The van der Waals surface area contributed by atoms with Crippen molar-refractivity contribution in [3.8, 4) is 0 Å². The van der Waals surface area contributed by atoms with Gasteiger partial charge in [-0.25, -0.2) is 0 Å². The molecule has 0 atom stereocenters. The van der Waals surface area contributed by atoms with E-state index < -0.39 is 0 Å². The van der Waals surface area contributed by atoms with Gasteiger partial charge in [-0.2, -0.15) is 0 Å². The molecule has 1 heterocycles. The Balaban J connectivity index is 2.37. The summed E-state index contributed by atoms with van der Waals surface area (Å²) in [6.45, 7) is 1.01. The highest BCUT2D eigenvalue weighted by Crippen LogP contribution is 2.18. The largest absolute Gasteiger partial charge is 0.381 e. The van der Waals surface area contributed by atoms with E-state index in [1.165, 1.54) is 11.3 Å². The van der Waals surface area contributed by atoms with E-state index in [1.54, 1.807) is 0 Å². The van der Waals surface area contributed by atoms with Gasteiger partial charge in [-0.1, -0.05) is 24.3 Å². The fraction of sp³-hybridized carbons (Fsp3) is 0.250. The molecule has 0 amide bonds. The van der Waals surface area contributed by atoms with Crippen molar-refractivity contribution in [3.05, 3.63) is 35.6 Å². The molecule has 1 nitrogen and oxygen atoms in total. The number of hydrogen-bond acceptors (Lipinski definition) is 1. The second-order valence-electron chi connectivity index (χ2n) is 2.30. The molecule has 2 rings (SSSR count). The molecule has 0 aromatic rings. The van der Waals surface area contributed by atoms with Gasteiger partial charge in [-0.3, -0.25) is 0 Å². The number of rotatable bonds is 0. The molecular weight excluding hydrogens is 110 g/mol. The maximum atomic E-state index is 3.28. The molecule has 0 aromatic heterocycles. The number of hydrogen-bond donors (Lipinski definition) is 1. The van der Waals surface area contributed by atoms with Crippen LogP contribution in [0.1, 0.15) is 6.42 Å². The van der Waals surface area contributed by atoms with E-state index >= 15 is 0 Å². The van der Waals surface area contributed by atoms with Gasteiger partial charge in [0.1, 0.15) is 0 Å². The number of nitrogens with one attached hydrogen (secondary N) is 1. The van der Waals surface area contributed by atoms with E-state index in [0.717, 1.165) is 13.0 Å². The molecule has 0 saturated carbocycles. The Morgan fingerprint density at radius 3 is 3.22 bits per heavy atom. The maximum absolute atomic E-state index is 3.28. The summed E-state index contributed by atoms with van der Waals surface area (Å²) in [5, 5.41) is 3.28. The van der Waals surface area contributed by atoms with Gasteiger partial charge in [-0.15, -0.1) is 0 Å². The Kier molecular flexibility index (Phi) is 0.950. The van der Waals surface area contributed by atoms with Crippen molar-refractivity contribution in [1.29, 1.82) is 0 Å². The minimum Gasteiger partial charge on any atom is -0.381 e. The van der Waals surface area contributed by atoms with Crippen molar-refractivity contribution >= 4 is 0 Å². The van der Waals surface area contributed by atoms with Crippen LogP contribution in [0.2, 0.25) is 0 Å². The van der Waals surface area contributed by atoms with Crippen molar-refractivity contribution in [2.75, 3.05) is 6.54 Å². The zero-order valence-corrected chi connectivity index (χ0v) is 5.22. The average Bonchev–Trinajstić information content (AvgIpc) is 2.33. The Bertz CT molecular complexity index is 209. The molecular formula is C8H9N. The lowest BCUT2D eigenvalue weighted by Crippen LogP contribution is -2.06. The lowest BCUT2D eigenvalue weighted by Gasteiger charge is -2.04. The second kappa shape index (κ2) is 1.76. The van der Waals surface area contributed by atoms with Gasteiger partial charge in [0.2, 0.25) is 0 Å². The minimum absolute atomic E-state index is 1.01. The third-order valence-electron chi connectivity index (χ3n) is 1.68. The van der Waals surface area contributed by atoms with Crippen LogP contribution in [-0.4, -0.2) is 6.54 Å². The van der Waals surface area contributed by atoms with E-state index in [4.69, 9.17) is 0 Å². The SMILES string of the molecule is C1=CC2=CCNC2=CC1. The molecule has 1 heteroatoms. The van der Waals surface area contributed by atoms with Crippen molar-refractivity contribution in [2.24, 2.45) is 0 Å². The van der Waals surface area contributed by atoms with E-state index in [0.29, 0.717) is 0 Å². The van der Waals surface area contributed by atoms with E-state index in [1.807, 2.05) is 0 Å². The van der Waals surface area contributed by atoms with Crippen molar-refractivity contribution in [3.63, 3.8) is 0 Å². The minimum atomic E-state index is 1.01. The number of fused-ring (bicyclic) bond motifs is 1. The van der Waals surface area contributed by atoms with Crippen LogP contribution < -0.4 is 5.32 Å². The van der Waals surface area contributed by atoms with Crippen LogP contribution in [0.4, 0.5) is 0 Å². The van der Waals surface area contributed by atoms with Crippen molar-refractivity contribution < 1.29 is 0 Å². The zero-order valence-electron chi connectivity index (χ0n) is 5.22. The van der Waals surface area contributed by atoms with E-state index in [-0.39, 0.29) is 0 Å². The van der Waals surface area contributed by atoms with Crippen LogP contribution in [-0.2, 0) is 0 Å². The van der Waals surface area contributed by atoms with Gasteiger partial charge in [0.05, 0.1) is 0 Å². The Labute approximate surface area is 54.8 Å². The van der Waals surface area contributed by atoms with Crippen LogP contribution in [0, 0.1) is 0 Å². The van der Waals surface area contributed by atoms with Gasteiger partial charge in [0.25, 0.3) is 0 Å². The fourth-order valence-electron chi connectivity index (χ4n) is 1.21. The molecule has 0 unspecified atom stereocenters. The predicted octanol–water partition coefficient (Wildman–Crippen LogP) is 1.36. The second-order valence-corrected chi connectivity index (χ2v) is 2.30. The Morgan fingerprint density at radius 2 is 2.33 bits per heavy atom. The molecule has 0 fully saturated rings. The van der Waals surface area contributed by atoms with Crippen LogP contribution >= 0.6 is 0 Å². The van der Waals surface area contributed by atoms with Crippen molar-refractivity contribution in [1.82, 2.24) is 5.32 Å². The van der Waals surface area contributed by atoms with Crippen LogP contribution in [0.15, 0.2) is 35.6 Å². The van der Waals surface area contributed by atoms with Gasteiger partial charge >= 0.3 is 0 Å². The number of allylic oxidation sites excluding steroid dienone is 3. The highest BCUT2D eigenvalue weighted by atomic mass is 14.9. The van der Waals surface area contributed by atoms with Gasteiger partial charge in [-0.05, 0) is 12.0 Å². The first-order chi connectivity index (χ1) is 4.47. The standard InChI is InChI=1S/C8H9N/c1-2-4-8-7(3-1)5-6-9-8/h1,3-5,9H,2,6H2. The fourth-order valence-corrected chi connectivity index (χ4v) is 1.21. The molecule has 46 valence electrons. The van der Waals surface area contributed by atoms with E-state index in [2.05, 4.69) is 29.6 Å². The highest BCUT2D eigenvalue weighted by Gasteiger charge is 2.08. The summed E-state index contributed by atoms with van der Waals surface area (Å²) in [5.41, 5.74) is 2.68. The summed E-state index contributed by atoms with van der Waals surface area (Å²) in [6, 6.07) is 0. The first kappa shape index (κ1) is 4.86. The first-order valence-corrected chi connectivity index (χ1v) is 3.28. The third-order valence-corrected chi connectivity index (χ3v) is 1.68. The molecule has 0 saturated heterocycles. The van der Waals surface area contributed by atoms with Crippen LogP contribution in [0.25, 0.3) is 0 Å². The molecule has 1 aliphatic heterocycles. The van der Waals surface area contributed by atoms with Gasteiger partial charge in [0, 0.05) is 12.2 Å². The first-order valence-electron chi connectivity index (χ1n) is 3.28. The molecule has 1 aliphatic carbocycles. The lowest BCUT2D eigenvalue weighted by molar-refractivity contribution is 0.963. The summed E-state index contributed by atoms with van der Waals surface area (Å²) in [4.78, 5) is 0. The van der Waals surface area contributed by atoms with Crippen LogP contribution in [0.3, 0.4) is 0 Å². The Morgan fingerprint density at radius 1 is 1.33 bits per heavy atom. The highest BCUT2D eigenvalue weighted by molar-refractivity contribution is 5.45. The Hall–Kier alpha value is -0.980. The van der Waals surface area contributed by atoms with E-state index in [9.17, 15) is 0 Å². The van der Waals surface area contributed by atoms with Gasteiger partial charge in [0.15, 0.2) is 0 Å². The molecule has 0 spiro atoms. The normalized spacial score (nSPS) is 22.2. The molecule has 0 bridgehead atoms. The predicted molar refractivity (Wildman–Crippen MR) is 37.9 cm³/mol. The average molecular weight is 119 g/mol. The van der Waals surface area contributed by atoms with Crippen molar-refractivity contribution in [2.45, 2.75) is 6.42 Å². The van der Waals surface area contributed by atoms with Gasteiger partial charge < -0.3 is 5.32 Å².